The van der Waals surface area contributed by atoms with Gasteiger partial charge in [-0.15, -0.1) is 0 Å². The summed E-state index contributed by atoms with van der Waals surface area (Å²) in [6, 6.07) is 8.74. The Kier molecular flexibility index (Phi) is 6.14. The highest BCUT2D eigenvalue weighted by Crippen LogP contribution is 2.40. The average molecular weight is 556 g/mol. The maximum absolute atomic E-state index is 16.7. The lowest BCUT2D eigenvalue weighted by atomic mass is 9.95. The maximum atomic E-state index is 16.7. The molecule has 0 amide bonds. The smallest absolute Gasteiger partial charge is 0.319 e. The third kappa shape index (κ3) is 4.19. The second-order valence-electron chi connectivity index (χ2n) is 12.5. The zero-order valence-electron chi connectivity index (χ0n) is 23.8. The van der Waals surface area contributed by atoms with Gasteiger partial charge in [0, 0.05) is 49.0 Å². The van der Waals surface area contributed by atoms with Crippen LogP contribution in [0.4, 0.5) is 10.2 Å². The number of nitrogens with one attached hydrogen (secondary N) is 1. The molecule has 41 heavy (non-hydrogen) atoms. The van der Waals surface area contributed by atoms with Gasteiger partial charge in [0.25, 0.3) is 0 Å². The fourth-order valence-electron chi connectivity index (χ4n) is 8.04. The van der Waals surface area contributed by atoms with Crippen LogP contribution < -0.4 is 15.0 Å². The van der Waals surface area contributed by atoms with E-state index in [4.69, 9.17) is 19.7 Å². The van der Waals surface area contributed by atoms with Crippen molar-refractivity contribution in [3.63, 3.8) is 0 Å². The molecule has 1 aromatic carbocycles. The highest BCUT2D eigenvalue weighted by atomic mass is 19.1. The minimum Gasteiger partial charge on any atom is -0.461 e. The number of rotatable bonds is 6. The first kappa shape index (κ1) is 25.4. The number of halogens is 1. The molecule has 0 saturated carbocycles. The summed E-state index contributed by atoms with van der Waals surface area (Å²) in [4.78, 5) is 19.3. The van der Waals surface area contributed by atoms with E-state index < -0.39 is 5.82 Å². The summed E-state index contributed by atoms with van der Waals surface area (Å²) < 4.78 is 25.2. The molecule has 8 nitrogen and oxygen atoms in total. The van der Waals surface area contributed by atoms with Crippen molar-refractivity contribution in [2.45, 2.75) is 63.6 Å². The van der Waals surface area contributed by atoms with Gasteiger partial charge in [-0.1, -0.05) is 18.2 Å². The molecule has 7 heterocycles. The van der Waals surface area contributed by atoms with Gasteiger partial charge in [0.1, 0.15) is 23.6 Å². The molecule has 2 unspecified atom stereocenters. The van der Waals surface area contributed by atoms with Crippen LogP contribution in [0.3, 0.4) is 0 Å². The van der Waals surface area contributed by atoms with Gasteiger partial charge in [0.15, 0.2) is 5.82 Å². The van der Waals surface area contributed by atoms with Crippen LogP contribution in [0, 0.1) is 11.7 Å². The van der Waals surface area contributed by atoms with Crippen LogP contribution in [-0.4, -0.2) is 75.3 Å². The molecule has 9 heteroatoms. The lowest BCUT2D eigenvalue weighted by Gasteiger charge is -2.31. The monoisotopic (exact) mass is 555 g/mol. The van der Waals surface area contributed by atoms with Crippen molar-refractivity contribution >= 4 is 27.6 Å². The number of hydrogen-bond acceptors (Lipinski definition) is 7. The summed E-state index contributed by atoms with van der Waals surface area (Å²) in [5.41, 5.74) is 2.44. The van der Waals surface area contributed by atoms with Gasteiger partial charge in [0.05, 0.1) is 16.4 Å². The van der Waals surface area contributed by atoms with Crippen molar-refractivity contribution in [3.05, 3.63) is 42.5 Å². The minimum absolute atomic E-state index is 0.0628. The van der Waals surface area contributed by atoms with Crippen LogP contribution in [-0.2, 0) is 6.54 Å². The first-order chi connectivity index (χ1) is 20.1. The van der Waals surface area contributed by atoms with Crippen LogP contribution in [0.5, 0.6) is 6.01 Å². The van der Waals surface area contributed by atoms with Gasteiger partial charge in [-0.3, -0.25) is 9.88 Å². The molecule has 8 rings (SSSR count). The number of hydrogen-bond donors (Lipinski definition) is 1. The van der Waals surface area contributed by atoms with Crippen LogP contribution >= 0.6 is 0 Å². The second kappa shape index (κ2) is 9.91. The summed E-state index contributed by atoms with van der Waals surface area (Å²) in [6.07, 6.45) is 10.8. The Bertz CT molecular complexity index is 1610. The van der Waals surface area contributed by atoms with E-state index in [0.717, 1.165) is 80.8 Å². The Morgan fingerprint density at radius 3 is 2.85 bits per heavy atom. The van der Waals surface area contributed by atoms with E-state index >= 15 is 4.39 Å². The zero-order chi connectivity index (χ0) is 27.6. The molecule has 4 aliphatic heterocycles. The molecule has 4 saturated heterocycles. The molecule has 4 fully saturated rings. The van der Waals surface area contributed by atoms with E-state index in [-0.39, 0.29) is 17.1 Å². The van der Waals surface area contributed by atoms with Crippen molar-refractivity contribution in [2.24, 2.45) is 5.92 Å². The van der Waals surface area contributed by atoms with Gasteiger partial charge >= 0.3 is 6.01 Å². The van der Waals surface area contributed by atoms with E-state index in [9.17, 15) is 0 Å². The molecular formula is C32H38FN7O. The highest BCUT2D eigenvalue weighted by Gasteiger charge is 2.45. The summed E-state index contributed by atoms with van der Waals surface area (Å²) in [7, 11) is 0. The third-order valence-electron chi connectivity index (χ3n) is 10.2. The number of aromatic nitrogens is 4. The average Bonchev–Trinajstić information content (AvgIpc) is 3.75. The summed E-state index contributed by atoms with van der Waals surface area (Å²) in [6.45, 7) is 8.51. The van der Waals surface area contributed by atoms with E-state index in [2.05, 4.69) is 44.9 Å². The van der Waals surface area contributed by atoms with Crippen molar-refractivity contribution < 1.29 is 9.13 Å². The SMILES string of the molecule is CCn1ccc2cccc(-c3ncc4c(N5CCC6CNC(C6)C5)nc(OCC56CCCN5CCC6)nc4c3F)c21. The number of nitrogens with zero attached hydrogens (tertiary/aromatic N) is 6. The van der Waals surface area contributed by atoms with Crippen LogP contribution in [0.2, 0.25) is 0 Å². The Morgan fingerprint density at radius 1 is 1.12 bits per heavy atom. The predicted octanol–water partition coefficient (Wildman–Crippen LogP) is 5.00. The van der Waals surface area contributed by atoms with Crippen LogP contribution in [0.25, 0.3) is 33.1 Å². The van der Waals surface area contributed by atoms with Gasteiger partial charge in [-0.25, -0.2) is 4.39 Å². The fourth-order valence-corrected chi connectivity index (χ4v) is 8.04. The Morgan fingerprint density at radius 2 is 2.00 bits per heavy atom. The quantitative estimate of drug-likeness (QED) is 0.359. The summed E-state index contributed by atoms with van der Waals surface area (Å²) >= 11 is 0. The van der Waals surface area contributed by atoms with Crippen LogP contribution in [0.15, 0.2) is 36.7 Å². The van der Waals surface area contributed by atoms with E-state index in [1.54, 1.807) is 6.20 Å². The third-order valence-corrected chi connectivity index (χ3v) is 10.2. The molecular weight excluding hydrogens is 517 g/mol. The van der Waals surface area contributed by atoms with Gasteiger partial charge in [-0.2, -0.15) is 9.97 Å². The minimum atomic E-state index is -0.414. The van der Waals surface area contributed by atoms with Gasteiger partial charge < -0.3 is 19.5 Å². The van der Waals surface area contributed by atoms with Gasteiger partial charge in [-0.05, 0) is 77.1 Å². The molecule has 0 aliphatic carbocycles. The second-order valence-corrected chi connectivity index (χ2v) is 12.5. The molecule has 0 radical (unpaired) electrons. The number of anilines is 1. The molecule has 1 N–H and O–H groups in total. The largest absolute Gasteiger partial charge is 0.461 e. The standard InChI is InChI=1S/C32H38FN7O/c1-2-38-15-9-22-6-3-7-24(29(22)38)27-26(33)28-25(18-35-27)30(39-14-8-21-16-23(19-39)34-17-21)37-31(36-28)41-20-32-10-4-12-40(32)13-5-11-32/h3,6-7,9,15,18,21,23,34H,2,4-5,8,10-14,16-17,19-20H2,1H3. The number of ether oxygens (including phenoxy) is 1. The number of pyridine rings is 1. The molecule has 2 bridgehead atoms. The first-order valence-electron chi connectivity index (χ1n) is 15.4. The van der Waals surface area contributed by atoms with Crippen molar-refractivity contribution in [1.82, 2.24) is 29.7 Å². The number of aryl methyl sites for hydroxylation is 1. The van der Waals surface area contributed by atoms with E-state index in [1.807, 2.05) is 12.1 Å². The fraction of sp³-hybridized carbons (Fsp3) is 0.531. The Labute approximate surface area is 239 Å². The van der Waals surface area contributed by atoms with E-state index in [0.29, 0.717) is 29.6 Å². The lowest BCUT2D eigenvalue weighted by Crippen LogP contribution is -2.43. The number of fused-ring (bicyclic) bond motifs is 5. The Balaban J connectivity index is 1.24. The Hall–Kier alpha value is -3.30. The molecule has 2 atom stereocenters. The van der Waals surface area contributed by atoms with Crippen LogP contribution in [0.1, 0.15) is 45.4 Å². The van der Waals surface area contributed by atoms with E-state index in [1.165, 1.54) is 19.3 Å². The molecule has 0 spiro atoms. The molecule has 3 aromatic heterocycles. The van der Waals surface area contributed by atoms with Gasteiger partial charge in [0.2, 0.25) is 0 Å². The van der Waals surface area contributed by atoms with Crippen molar-refractivity contribution in [2.75, 3.05) is 44.2 Å². The molecule has 214 valence electrons. The van der Waals surface area contributed by atoms with Crippen molar-refractivity contribution in [1.29, 1.82) is 0 Å². The lowest BCUT2D eigenvalue weighted by molar-refractivity contribution is 0.108. The summed E-state index contributed by atoms with van der Waals surface area (Å²) in [5, 5.41) is 5.38. The molecule has 4 aromatic rings. The topological polar surface area (TPSA) is 71.3 Å². The highest BCUT2D eigenvalue weighted by molar-refractivity contribution is 5.97. The number of para-hydroxylation sites is 1. The maximum Gasteiger partial charge on any atom is 0.319 e. The first-order valence-corrected chi connectivity index (χ1v) is 15.4. The molecule has 4 aliphatic rings. The van der Waals surface area contributed by atoms with Crippen molar-refractivity contribution in [3.8, 4) is 17.3 Å². The number of benzene rings is 1. The zero-order valence-corrected chi connectivity index (χ0v) is 23.8. The summed E-state index contributed by atoms with van der Waals surface area (Å²) in [5.74, 6) is 1.00. The predicted molar refractivity (Wildman–Crippen MR) is 159 cm³/mol. The normalized spacial score (nSPS) is 23.9.